The summed E-state index contributed by atoms with van der Waals surface area (Å²) in [5.74, 6) is 0.287. The molecule has 8 heteroatoms. The van der Waals surface area contributed by atoms with E-state index in [2.05, 4.69) is 5.32 Å². The number of hydrogen-bond acceptors (Lipinski definition) is 4. The van der Waals surface area contributed by atoms with Crippen LogP contribution in [-0.4, -0.2) is 46.4 Å². The Kier molecular flexibility index (Phi) is 6.71. The van der Waals surface area contributed by atoms with Gasteiger partial charge in [0.2, 0.25) is 5.91 Å². The largest absolute Gasteiger partial charge is 0.494 e. The van der Waals surface area contributed by atoms with Gasteiger partial charge in [0.05, 0.1) is 13.0 Å². The third-order valence-electron chi connectivity index (χ3n) is 4.62. The van der Waals surface area contributed by atoms with Gasteiger partial charge in [-0.05, 0) is 61.1 Å². The SMILES string of the molecule is CCOc1ccc(NC(=O)CC2C(=O)N(C)C(=S)N2Cc2ccc(Cl)cc2)cc1. The summed E-state index contributed by atoms with van der Waals surface area (Å²) in [7, 11) is 1.63. The van der Waals surface area contributed by atoms with Crippen molar-refractivity contribution in [3.8, 4) is 5.75 Å². The minimum absolute atomic E-state index is 0.00408. The van der Waals surface area contributed by atoms with Crippen LogP contribution in [0.15, 0.2) is 48.5 Å². The van der Waals surface area contributed by atoms with Gasteiger partial charge in [-0.3, -0.25) is 14.5 Å². The van der Waals surface area contributed by atoms with Crippen LogP contribution in [-0.2, 0) is 16.1 Å². The molecule has 0 bridgehead atoms. The monoisotopic (exact) mass is 431 g/mol. The number of rotatable bonds is 7. The Hall–Kier alpha value is -2.64. The van der Waals surface area contributed by atoms with Crippen molar-refractivity contribution >= 4 is 46.4 Å². The number of benzene rings is 2. The van der Waals surface area contributed by atoms with Crippen LogP contribution >= 0.6 is 23.8 Å². The molecule has 2 aromatic carbocycles. The van der Waals surface area contributed by atoms with E-state index in [0.717, 1.165) is 11.3 Å². The molecule has 29 heavy (non-hydrogen) atoms. The first-order valence-corrected chi connectivity index (χ1v) is 10.0. The lowest BCUT2D eigenvalue weighted by atomic mass is 10.1. The van der Waals surface area contributed by atoms with E-state index in [4.69, 9.17) is 28.6 Å². The second-order valence-corrected chi connectivity index (χ2v) is 7.46. The van der Waals surface area contributed by atoms with Gasteiger partial charge in [-0.25, -0.2) is 0 Å². The summed E-state index contributed by atoms with van der Waals surface area (Å²) in [6.07, 6.45) is 0.00408. The summed E-state index contributed by atoms with van der Waals surface area (Å²) in [6, 6.07) is 13.8. The Bertz CT molecular complexity index is 902. The van der Waals surface area contributed by atoms with E-state index in [1.54, 1.807) is 48.3 Å². The number of likely N-dealkylation sites (N-methyl/N-ethyl adjacent to an activating group) is 1. The van der Waals surface area contributed by atoms with E-state index >= 15 is 0 Å². The normalized spacial score (nSPS) is 16.3. The molecule has 1 aliphatic rings. The third kappa shape index (κ3) is 5.05. The maximum atomic E-state index is 12.7. The predicted molar refractivity (Wildman–Crippen MR) is 117 cm³/mol. The molecule has 1 N–H and O–H groups in total. The van der Waals surface area contributed by atoms with Gasteiger partial charge < -0.3 is 15.0 Å². The van der Waals surface area contributed by atoms with Gasteiger partial charge in [-0.2, -0.15) is 0 Å². The first-order chi connectivity index (χ1) is 13.9. The summed E-state index contributed by atoms with van der Waals surface area (Å²) in [6.45, 7) is 2.91. The van der Waals surface area contributed by atoms with E-state index in [1.165, 1.54) is 4.90 Å². The Morgan fingerprint density at radius 1 is 1.17 bits per heavy atom. The van der Waals surface area contributed by atoms with Crippen LogP contribution in [0.3, 0.4) is 0 Å². The number of amides is 2. The molecule has 1 unspecified atom stereocenters. The molecule has 3 rings (SSSR count). The molecule has 0 radical (unpaired) electrons. The molecule has 152 valence electrons. The highest BCUT2D eigenvalue weighted by Gasteiger charge is 2.41. The van der Waals surface area contributed by atoms with Crippen LogP contribution in [0.5, 0.6) is 5.75 Å². The molecular weight excluding hydrogens is 410 g/mol. The summed E-state index contributed by atoms with van der Waals surface area (Å²) >= 11 is 11.4. The molecule has 2 aromatic rings. The molecule has 1 atom stereocenters. The summed E-state index contributed by atoms with van der Waals surface area (Å²) in [5, 5.41) is 3.87. The van der Waals surface area contributed by atoms with Crippen molar-refractivity contribution in [2.75, 3.05) is 19.0 Å². The Balaban J connectivity index is 1.68. The molecule has 1 fully saturated rings. The molecular formula is C21H22ClN3O3S. The number of hydrogen-bond donors (Lipinski definition) is 1. The third-order valence-corrected chi connectivity index (χ3v) is 5.38. The first-order valence-electron chi connectivity index (χ1n) is 9.24. The minimum atomic E-state index is -0.647. The molecule has 0 aliphatic carbocycles. The number of nitrogens with zero attached hydrogens (tertiary/aromatic N) is 2. The zero-order valence-electron chi connectivity index (χ0n) is 16.2. The van der Waals surface area contributed by atoms with Crippen molar-refractivity contribution in [2.24, 2.45) is 0 Å². The molecule has 1 saturated heterocycles. The maximum absolute atomic E-state index is 12.7. The molecule has 6 nitrogen and oxygen atoms in total. The number of ether oxygens (including phenoxy) is 1. The Labute approximate surface area is 180 Å². The number of halogens is 1. The van der Waals surface area contributed by atoms with Crippen LogP contribution < -0.4 is 10.1 Å². The second-order valence-electron chi connectivity index (χ2n) is 6.66. The van der Waals surface area contributed by atoms with Crippen molar-refractivity contribution in [2.45, 2.75) is 25.9 Å². The summed E-state index contributed by atoms with van der Waals surface area (Å²) in [5.41, 5.74) is 1.60. The van der Waals surface area contributed by atoms with Gasteiger partial charge in [0.1, 0.15) is 11.8 Å². The fourth-order valence-electron chi connectivity index (χ4n) is 3.13. The summed E-state index contributed by atoms with van der Waals surface area (Å²) in [4.78, 5) is 28.4. The molecule has 0 spiro atoms. The van der Waals surface area contributed by atoms with Crippen molar-refractivity contribution in [1.29, 1.82) is 0 Å². The van der Waals surface area contributed by atoms with Crippen molar-refractivity contribution < 1.29 is 14.3 Å². The molecule has 1 aliphatic heterocycles. The quantitative estimate of drug-likeness (QED) is 0.677. The average Bonchev–Trinajstić information content (AvgIpc) is 2.89. The lowest BCUT2D eigenvalue weighted by Gasteiger charge is -2.23. The number of anilines is 1. The van der Waals surface area contributed by atoms with Gasteiger partial charge in [-0.15, -0.1) is 0 Å². The van der Waals surface area contributed by atoms with Crippen molar-refractivity contribution in [3.05, 3.63) is 59.1 Å². The second kappa shape index (κ2) is 9.24. The van der Waals surface area contributed by atoms with E-state index < -0.39 is 6.04 Å². The van der Waals surface area contributed by atoms with Crippen molar-refractivity contribution in [1.82, 2.24) is 9.80 Å². The van der Waals surface area contributed by atoms with Gasteiger partial charge in [0, 0.05) is 24.3 Å². The highest BCUT2D eigenvalue weighted by molar-refractivity contribution is 7.80. The molecule has 2 amide bonds. The smallest absolute Gasteiger partial charge is 0.251 e. The highest BCUT2D eigenvalue weighted by Crippen LogP contribution is 2.24. The fourth-order valence-corrected chi connectivity index (χ4v) is 3.54. The number of carbonyl (C=O) groups excluding carboxylic acids is 2. The van der Waals surface area contributed by atoms with E-state index in [9.17, 15) is 9.59 Å². The predicted octanol–water partition coefficient (Wildman–Crippen LogP) is 3.70. The molecule has 1 heterocycles. The number of thiocarbonyl (C=S) groups is 1. The van der Waals surface area contributed by atoms with Crippen LogP contribution in [0.1, 0.15) is 18.9 Å². The van der Waals surface area contributed by atoms with Gasteiger partial charge in [-0.1, -0.05) is 23.7 Å². The topological polar surface area (TPSA) is 61.9 Å². The zero-order valence-corrected chi connectivity index (χ0v) is 17.8. The Morgan fingerprint density at radius 2 is 1.83 bits per heavy atom. The lowest BCUT2D eigenvalue weighted by Crippen LogP contribution is -2.37. The molecule has 0 saturated carbocycles. The summed E-state index contributed by atoms with van der Waals surface area (Å²) < 4.78 is 5.40. The van der Waals surface area contributed by atoms with E-state index in [-0.39, 0.29) is 18.2 Å². The van der Waals surface area contributed by atoms with E-state index in [1.807, 2.05) is 19.1 Å². The fraction of sp³-hybridized carbons (Fsp3) is 0.286. The number of carbonyl (C=O) groups is 2. The lowest BCUT2D eigenvalue weighted by molar-refractivity contribution is -0.130. The van der Waals surface area contributed by atoms with Crippen molar-refractivity contribution in [3.63, 3.8) is 0 Å². The average molecular weight is 432 g/mol. The highest BCUT2D eigenvalue weighted by atomic mass is 35.5. The van der Waals surface area contributed by atoms with Crippen LogP contribution in [0.2, 0.25) is 5.02 Å². The van der Waals surface area contributed by atoms with Gasteiger partial charge >= 0.3 is 0 Å². The first kappa shape index (κ1) is 21.1. The standard InChI is InChI=1S/C21H22ClN3O3S/c1-3-28-17-10-8-16(9-11-17)23-19(26)12-18-20(27)24(2)21(29)25(18)13-14-4-6-15(22)7-5-14/h4-11,18H,3,12-13H2,1-2H3,(H,23,26). The van der Waals surface area contributed by atoms with Crippen LogP contribution in [0.4, 0.5) is 5.69 Å². The Morgan fingerprint density at radius 3 is 2.45 bits per heavy atom. The molecule has 0 aromatic heterocycles. The maximum Gasteiger partial charge on any atom is 0.251 e. The van der Waals surface area contributed by atoms with Gasteiger partial charge in [0.25, 0.3) is 5.91 Å². The number of nitrogens with one attached hydrogen (secondary N) is 1. The minimum Gasteiger partial charge on any atom is -0.494 e. The zero-order chi connectivity index (χ0) is 21.0. The van der Waals surface area contributed by atoms with Crippen LogP contribution in [0, 0.1) is 0 Å². The van der Waals surface area contributed by atoms with E-state index in [0.29, 0.717) is 29.0 Å². The van der Waals surface area contributed by atoms with Crippen LogP contribution in [0.25, 0.3) is 0 Å². The van der Waals surface area contributed by atoms with Gasteiger partial charge in [0.15, 0.2) is 5.11 Å².